The number of aromatic nitrogens is 2. The quantitative estimate of drug-likeness (QED) is 0.806. The lowest BCUT2D eigenvalue weighted by atomic mass is 10.1. The van der Waals surface area contributed by atoms with Crippen LogP contribution in [0.15, 0.2) is 4.52 Å². The van der Waals surface area contributed by atoms with E-state index in [4.69, 9.17) is 4.52 Å². The van der Waals surface area contributed by atoms with Crippen LogP contribution in [0.3, 0.4) is 0 Å². The third kappa shape index (κ3) is 1.74. The molecule has 3 heterocycles. The molecule has 2 atom stereocenters. The van der Waals surface area contributed by atoms with Crippen LogP contribution in [0.25, 0.3) is 0 Å². The maximum Gasteiger partial charge on any atom is 0.231 e. The lowest BCUT2D eigenvalue weighted by Gasteiger charge is -2.14. The van der Waals surface area contributed by atoms with Gasteiger partial charge in [0.05, 0.1) is 12.0 Å². The number of nitrogens with one attached hydrogen (secondary N) is 1. The predicted octanol–water partition coefficient (Wildman–Crippen LogP) is 0.913. The van der Waals surface area contributed by atoms with Crippen molar-refractivity contribution in [1.29, 1.82) is 0 Å². The molecule has 2 saturated heterocycles. The topological polar surface area (TPSA) is 54.2 Å². The molecule has 0 amide bonds. The first-order valence-electron chi connectivity index (χ1n) is 6.09. The van der Waals surface area contributed by atoms with E-state index in [1.807, 2.05) is 0 Å². The summed E-state index contributed by atoms with van der Waals surface area (Å²) in [4.78, 5) is 6.87. The molecular formula is C11H18N4O. The maximum absolute atomic E-state index is 5.38. The Kier molecular flexibility index (Phi) is 2.65. The second-order valence-corrected chi connectivity index (χ2v) is 4.82. The largest absolute Gasteiger partial charge is 0.339 e. The Balaban J connectivity index is 1.76. The summed E-state index contributed by atoms with van der Waals surface area (Å²) in [6.07, 6.45) is 3.50. The van der Waals surface area contributed by atoms with Gasteiger partial charge < -0.3 is 9.84 Å². The van der Waals surface area contributed by atoms with Gasteiger partial charge in [0, 0.05) is 6.54 Å². The molecule has 5 nitrogen and oxygen atoms in total. The van der Waals surface area contributed by atoms with E-state index in [9.17, 15) is 0 Å². The summed E-state index contributed by atoms with van der Waals surface area (Å²) in [5.41, 5.74) is 0. The van der Waals surface area contributed by atoms with Gasteiger partial charge >= 0.3 is 0 Å². The second kappa shape index (κ2) is 4.14. The monoisotopic (exact) mass is 222 g/mol. The van der Waals surface area contributed by atoms with Gasteiger partial charge in [0.1, 0.15) is 0 Å². The summed E-state index contributed by atoms with van der Waals surface area (Å²) in [6, 6.07) is 0.367. The molecule has 0 spiro atoms. The highest BCUT2D eigenvalue weighted by atomic mass is 16.5. The Morgan fingerprint density at radius 1 is 1.44 bits per heavy atom. The van der Waals surface area contributed by atoms with Gasteiger partial charge in [-0.2, -0.15) is 4.98 Å². The van der Waals surface area contributed by atoms with Crippen molar-refractivity contribution in [3.8, 4) is 0 Å². The van der Waals surface area contributed by atoms with Crippen molar-refractivity contribution < 1.29 is 4.52 Å². The van der Waals surface area contributed by atoms with E-state index in [2.05, 4.69) is 27.4 Å². The van der Waals surface area contributed by atoms with Gasteiger partial charge in [0.15, 0.2) is 5.82 Å². The maximum atomic E-state index is 5.38. The van der Waals surface area contributed by atoms with Crippen LogP contribution >= 0.6 is 0 Å². The smallest absolute Gasteiger partial charge is 0.231 e. The predicted molar refractivity (Wildman–Crippen MR) is 59.1 cm³/mol. The fourth-order valence-corrected chi connectivity index (χ4v) is 2.65. The third-order valence-corrected chi connectivity index (χ3v) is 3.69. The van der Waals surface area contributed by atoms with Crippen molar-refractivity contribution >= 4 is 0 Å². The Morgan fingerprint density at radius 2 is 2.38 bits per heavy atom. The molecule has 0 saturated carbocycles. The standard InChI is InChI=1S/C11H18N4O/c1-15-6-2-3-9(15)10-13-11(16-14-10)8-4-5-12-7-8/h8-9,12H,2-7H2,1H3. The van der Waals surface area contributed by atoms with Crippen molar-refractivity contribution in [2.24, 2.45) is 0 Å². The molecule has 5 heteroatoms. The van der Waals surface area contributed by atoms with Crippen LogP contribution in [0.1, 0.15) is 42.9 Å². The van der Waals surface area contributed by atoms with E-state index in [0.717, 1.165) is 44.2 Å². The fourth-order valence-electron chi connectivity index (χ4n) is 2.65. The van der Waals surface area contributed by atoms with Gasteiger partial charge in [-0.05, 0) is 39.4 Å². The van der Waals surface area contributed by atoms with Gasteiger partial charge in [-0.3, -0.25) is 4.90 Å². The van der Waals surface area contributed by atoms with Crippen LogP contribution in [0.2, 0.25) is 0 Å². The van der Waals surface area contributed by atoms with Crippen LogP contribution in [0, 0.1) is 0 Å². The summed E-state index contributed by atoms with van der Waals surface area (Å²) in [6.45, 7) is 3.17. The molecule has 1 N–H and O–H groups in total. The zero-order valence-corrected chi connectivity index (χ0v) is 9.65. The average molecular weight is 222 g/mol. The van der Waals surface area contributed by atoms with Crippen LogP contribution in [0.4, 0.5) is 0 Å². The van der Waals surface area contributed by atoms with E-state index in [-0.39, 0.29) is 0 Å². The van der Waals surface area contributed by atoms with Gasteiger partial charge in [-0.25, -0.2) is 0 Å². The normalized spacial score (nSPS) is 31.3. The lowest BCUT2D eigenvalue weighted by Crippen LogP contribution is -2.18. The van der Waals surface area contributed by atoms with E-state index in [1.165, 1.54) is 6.42 Å². The Labute approximate surface area is 95.2 Å². The summed E-state index contributed by atoms with van der Waals surface area (Å²) in [5, 5.41) is 7.46. The highest BCUT2D eigenvalue weighted by molar-refractivity contribution is 5.02. The lowest BCUT2D eigenvalue weighted by molar-refractivity contribution is 0.291. The van der Waals surface area contributed by atoms with Crippen LogP contribution in [-0.4, -0.2) is 41.7 Å². The second-order valence-electron chi connectivity index (χ2n) is 4.82. The number of nitrogens with zero attached hydrogens (tertiary/aromatic N) is 3. The highest BCUT2D eigenvalue weighted by Crippen LogP contribution is 2.29. The number of hydrogen-bond donors (Lipinski definition) is 1. The third-order valence-electron chi connectivity index (χ3n) is 3.69. The molecular weight excluding hydrogens is 204 g/mol. The summed E-state index contributed by atoms with van der Waals surface area (Å²) >= 11 is 0. The highest BCUT2D eigenvalue weighted by Gasteiger charge is 2.29. The van der Waals surface area contributed by atoms with Gasteiger partial charge in [-0.1, -0.05) is 5.16 Å². The van der Waals surface area contributed by atoms with E-state index < -0.39 is 0 Å². The molecule has 2 aliphatic heterocycles. The SMILES string of the molecule is CN1CCCC1c1noc(C2CCNC2)n1. The molecule has 0 bridgehead atoms. The first-order valence-corrected chi connectivity index (χ1v) is 6.09. The molecule has 88 valence electrons. The molecule has 1 aromatic heterocycles. The van der Waals surface area contributed by atoms with Crippen molar-refractivity contribution in [2.75, 3.05) is 26.7 Å². The molecule has 2 aliphatic rings. The molecule has 0 radical (unpaired) electrons. The van der Waals surface area contributed by atoms with Crippen LogP contribution < -0.4 is 5.32 Å². The van der Waals surface area contributed by atoms with Gasteiger partial charge in [-0.15, -0.1) is 0 Å². The van der Waals surface area contributed by atoms with Crippen LogP contribution in [-0.2, 0) is 0 Å². The summed E-state index contributed by atoms with van der Waals surface area (Å²) in [7, 11) is 2.13. The van der Waals surface area contributed by atoms with E-state index >= 15 is 0 Å². The minimum absolute atomic E-state index is 0.367. The number of hydrogen-bond acceptors (Lipinski definition) is 5. The molecule has 0 aliphatic carbocycles. The zero-order valence-electron chi connectivity index (χ0n) is 9.65. The fraction of sp³-hybridized carbons (Fsp3) is 0.818. The summed E-state index contributed by atoms with van der Waals surface area (Å²) < 4.78 is 5.38. The average Bonchev–Trinajstić information content (AvgIpc) is 2.96. The van der Waals surface area contributed by atoms with Crippen molar-refractivity contribution in [1.82, 2.24) is 20.4 Å². The Hall–Kier alpha value is -0.940. The zero-order chi connectivity index (χ0) is 11.0. The van der Waals surface area contributed by atoms with E-state index in [1.54, 1.807) is 0 Å². The first-order chi connectivity index (χ1) is 7.84. The minimum Gasteiger partial charge on any atom is -0.339 e. The van der Waals surface area contributed by atoms with Crippen molar-refractivity contribution in [3.63, 3.8) is 0 Å². The molecule has 2 fully saturated rings. The Bertz CT molecular complexity index is 359. The molecule has 16 heavy (non-hydrogen) atoms. The number of likely N-dealkylation sites (tertiary alicyclic amines) is 1. The first kappa shape index (κ1) is 10.2. The summed E-state index contributed by atoms with van der Waals surface area (Å²) in [5.74, 6) is 2.12. The van der Waals surface area contributed by atoms with Gasteiger partial charge in [0.2, 0.25) is 5.89 Å². The minimum atomic E-state index is 0.367. The molecule has 1 aromatic rings. The molecule has 2 unspecified atom stereocenters. The van der Waals surface area contributed by atoms with Gasteiger partial charge in [0.25, 0.3) is 0 Å². The molecule has 0 aromatic carbocycles. The molecule has 3 rings (SSSR count). The Morgan fingerprint density at radius 3 is 3.06 bits per heavy atom. The van der Waals surface area contributed by atoms with Crippen molar-refractivity contribution in [3.05, 3.63) is 11.7 Å². The van der Waals surface area contributed by atoms with Crippen molar-refractivity contribution in [2.45, 2.75) is 31.2 Å². The number of rotatable bonds is 2. The van der Waals surface area contributed by atoms with Crippen LogP contribution in [0.5, 0.6) is 0 Å². The van der Waals surface area contributed by atoms with E-state index in [0.29, 0.717) is 12.0 Å².